The average molecular weight is 319 g/mol. The molecule has 0 spiro atoms. The minimum Gasteiger partial charge on any atom is -0.368 e. The minimum absolute atomic E-state index is 0.0536. The molecule has 0 atom stereocenters. The predicted molar refractivity (Wildman–Crippen MR) is 94.9 cm³/mol. The molecule has 1 heterocycles. The van der Waals surface area contributed by atoms with Crippen LogP contribution in [0.25, 0.3) is 0 Å². The standard InChI is InChI=1S/C17H25N3OS/c1-14-6-4-5-7-15(20-10-8-18-9-11-20)17(16(14)21)22-13-12-19(2)3/h4-7,18H,1,8-13H2,2-3H3/b6-4+,7-5+,17-15-. The number of piperazine rings is 1. The first-order valence-electron chi connectivity index (χ1n) is 7.65. The van der Waals surface area contributed by atoms with Gasteiger partial charge in [-0.1, -0.05) is 24.8 Å². The third-order valence-electron chi connectivity index (χ3n) is 3.64. The molecule has 0 aromatic heterocycles. The van der Waals surface area contributed by atoms with Crippen molar-refractivity contribution >= 4 is 17.5 Å². The van der Waals surface area contributed by atoms with Crippen LogP contribution in [0.5, 0.6) is 0 Å². The molecule has 1 aliphatic carbocycles. The lowest BCUT2D eigenvalue weighted by Crippen LogP contribution is -2.43. The summed E-state index contributed by atoms with van der Waals surface area (Å²) in [5.74, 6) is 0.951. The number of carbonyl (C=O) groups excluding carboxylic acids is 1. The fourth-order valence-corrected chi connectivity index (χ4v) is 3.62. The van der Waals surface area contributed by atoms with Gasteiger partial charge < -0.3 is 15.1 Å². The van der Waals surface area contributed by atoms with Crippen molar-refractivity contribution in [1.29, 1.82) is 0 Å². The highest BCUT2D eigenvalue weighted by Gasteiger charge is 2.22. The number of rotatable bonds is 5. The summed E-state index contributed by atoms with van der Waals surface area (Å²) in [5, 5.41) is 3.36. The number of hydrogen-bond donors (Lipinski definition) is 1. The Morgan fingerprint density at radius 1 is 1.27 bits per heavy atom. The van der Waals surface area contributed by atoms with Gasteiger partial charge in [-0.3, -0.25) is 4.79 Å². The van der Waals surface area contributed by atoms with Gasteiger partial charge in [-0.15, -0.1) is 11.8 Å². The summed E-state index contributed by atoms with van der Waals surface area (Å²) >= 11 is 1.64. The van der Waals surface area contributed by atoms with Crippen molar-refractivity contribution in [2.24, 2.45) is 0 Å². The SMILES string of the molecule is C=C1/C=C/C=C/C(N2CCNCC2)=C(/SCCN(C)C)C1=O. The second-order valence-electron chi connectivity index (χ2n) is 5.68. The third-order valence-corrected chi connectivity index (χ3v) is 4.71. The summed E-state index contributed by atoms with van der Waals surface area (Å²) < 4.78 is 0. The van der Waals surface area contributed by atoms with Crippen molar-refractivity contribution in [3.05, 3.63) is 47.1 Å². The molecule has 5 heteroatoms. The van der Waals surface area contributed by atoms with Crippen molar-refractivity contribution in [2.45, 2.75) is 0 Å². The van der Waals surface area contributed by atoms with E-state index in [1.54, 1.807) is 17.8 Å². The normalized spacial score (nSPS) is 26.0. The van der Waals surface area contributed by atoms with E-state index in [1.165, 1.54) is 0 Å². The lowest BCUT2D eigenvalue weighted by Gasteiger charge is -2.32. The van der Waals surface area contributed by atoms with Gasteiger partial charge in [0.1, 0.15) is 0 Å². The Morgan fingerprint density at radius 3 is 2.64 bits per heavy atom. The zero-order chi connectivity index (χ0) is 15.9. The van der Waals surface area contributed by atoms with Gasteiger partial charge in [-0.2, -0.15) is 0 Å². The van der Waals surface area contributed by atoms with E-state index in [0.717, 1.165) is 49.1 Å². The van der Waals surface area contributed by atoms with Crippen molar-refractivity contribution in [3.63, 3.8) is 0 Å². The Morgan fingerprint density at radius 2 is 1.95 bits per heavy atom. The molecule has 1 fully saturated rings. The van der Waals surface area contributed by atoms with Crippen LogP contribution in [0.4, 0.5) is 0 Å². The molecule has 2 aliphatic rings. The molecule has 1 aliphatic heterocycles. The quantitative estimate of drug-likeness (QED) is 0.780. The number of thioether (sulfide) groups is 1. The lowest BCUT2D eigenvalue weighted by atomic mass is 10.1. The molecule has 0 amide bonds. The predicted octanol–water partition coefficient (Wildman–Crippen LogP) is 1.65. The fourth-order valence-electron chi connectivity index (χ4n) is 2.36. The second-order valence-corrected chi connectivity index (χ2v) is 6.78. The number of hydrogen-bond acceptors (Lipinski definition) is 5. The third kappa shape index (κ3) is 4.60. The zero-order valence-electron chi connectivity index (χ0n) is 13.5. The molecule has 1 saturated heterocycles. The molecule has 0 unspecified atom stereocenters. The maximum absolute atomic E-state index is 12.7. The summed E-state index contributed by atoms with van der Waals surface area (Å²) in [7, 11) is 4.10. The first kappa shape index (κ1) is 17.1. The molecule has 0 radical (unpaired) electrons. The Balaban J connectivity index is 2.28. The molecule has 1 N–H and O–H groups in total. The maximum atomic E-state index is 12.7. The fraction of sp³-hybridized carbons (Fsp3) is 0.471. The molecular weight excluding hydrogens is 294 g/mol. The molecule has 0 saturated carbocycles. The van der Waals surface area contributed by atoms with Crippen LogP contribution in [-0.4, -0.2) is 68.2 Å². The van der Waals surface area contributed by atoms with Crippen LogP contribution in [0, 0.1) is 0 Å². The van der Waals surface area contributed by atoms with E-state index in [0.29, 0.717) is 5.57 Å². The first-order chi connectivity index (χ1) is 10.6. The summed E-state index contributed by atoms with van der Waals surface area (Å²) in [6, 6.07) is 0. The van der Waals surface area contributed by atoms with E-state index < -0.39 is 0 Å². The minimum atomic E-state index is 0.0536. The molecule has 0 aromatic rings. The largest absolute Gasteiger partial charge is 0.368 e. The highest BCUT2D eigenvalue weighted by Crippen LogP contribution is 2.28. The molecule has 22 heavy (non-hydrogen) atoms. The van der Waals surface area contributed by atoms with Gasteiger partial charge in [0, 0.05) is 44.0 Å². The Labute approximate surface area is 137 Å². The first-order valence-corrected chi connectivity index (χ1v) is 8.64. The van der Waals surface area contributed by atoms with Gasteiger partial charge in [-0.05, 0) is 20.2 Å². The Kier molecular flexibility index (Phi) is 6.49. The highest BCUT2D eigenvalue weighted by molar-refractivity contribution is 8.04. The van der Waals surface area contributed by atoms with E-state index >= 15 is 0 Å². The Hall–Kier alpha value is -1.30. The number of ketones is 1. The summed E-state index contributed by atoms with van der Waals surface area (Å²) in [5.41, 5.74) is 1.60. The van der Waals surface area contributed by atoms with Crippen LogP contribution < -0.4 is 5.32 Å². The summed E-state index contributed by atoms with van der Waals surface area (Å²) in [4.78, 5) is 18.0. The number of Topliss-reactive ketones (excluding diaryl/α,β-unsaturated/α-hetero) is 1. The number of allylic oxidation sites excluding steroid dienone is 6. The topological polar surface area (TPSA) is 35.6 Å². The van der Waals surface area contributed by atoms with Crippen LogP contribution in [-0.2, 0) is 4.79 Å². The van der Waals surface area contributed by atoms with Gasteiger partial charge in [0.2, 0.25) is 5.78 Å². The van der Waals surface area contributed by atoms with Crippen LogP contribution in [0.2, 0.25) is 0 Å². The van der Waals surface area contributed by atoms with Gasteiger partial charge in [0.25, 0.3) is 0 Å². The number of carbonyl (C=O) groups is 1. The van der Waals surface area contributed by atoms with Crippen LogP contribution in [0.1, 0.15) is 0 Å². The number of nitrogens with zero attached hydrogens (tertiary/aromatic N) is 2. The second kappa shape index (κ2) is 8.36. The average Bonchev–Trinajstić information content (AvgIpc) is 2.51. The van der Waals surface area contributed by atoms with Crippen LogP contribution in [0.3, 0.4) is 0 Å². The van der Waals surface area contributed by atoms with E-state index in [4.69, 9.17) is 0 Å². The van der Waals surface area contributed by atoms with Gasteiger partial charge in [0.15, 0.2) is 0 Å². The molecule has 0 aromatic carbocycles. The monoisotopic (exact) mass is 319 g/mol. The van der Waals surface area contributed by atoms with Gasteiger partial charge in [-0.25, -0.2) is 0 Å². The van der Waals surface area contributed by atoms with Gasteiger partial charge >= 0.3 is 0 Å². The summed E-state index contributed by atoms with van der Waals surface area (Å²) in [6.07, 6.45) is 7.75. The zero-order valence-corrected chi connectivity index (χ0v) is 14.3. The lowest BCUT2D eigenvalue weighted by molar-refractivity contribution is -0.111. The van der Waals surface area contributed by atoms with E-state index in [2.05, 4.69) is 27.8 Å². The molecule has 4 nitrogen and oxygen atoms in total. The van der Waals surface area contributed by atoms with E-state index in [-0.39, 0.29) is 5.78 Å². The van der Waals surface area contributed by atoms with Crippen LogP contribution >= 0.6 is 11.8 Å². The van der Waals surface area contributed by atoms with E-state index in [1.807, 2.05) is 26.2 Å². The van der Waals surface area contributed by atoms with Crippen molar-refractivity contribution in [1.82, 2.24) is 15.1 Å². The Bertz CT molecular complexity index is 514. The molecule has 120 valence electrons. The highest BCUT2D eigenvalue weighted by atomic mass is 32.2. The van der Waals surface area contributed by atoms with Crippen molar-refractivity contribution in [3.8, 4) is 0 Å². The smallest absolute Gasteiger partial charge is 0.200 e. The van der Waals surface area contributed by atoms with E-state index in [9.17, 15) is 4.79 Å². The van der Waals surface area contributed by atoms with Gasteiger partial charge in [0.05, 0.1) is 10.6 Å². The number of nitrogens with one attached hydrogen (secondary N) is 1. The molecular formula is C17H25N3OS. The maximum Gasteiger partial charge on any atom is 0.200 e. The molecule has 0 bridgehead atoms. The van der Waals surface area contributed by atoms with Crippen molar-refractivity contribution < 1.29 is 4.79 Å². The van der Waals surface area contributed by atoms with Crippen molar-refractivity contribution in [2.75, 3.05) is 52.6 Å². The van der Waals surface area contributed by atoms with Crippen LogP contribution in [0.15, 0.2) is 47.1 Å². The summed E-state index contributed by atoms with van der Waals surface area (Å²) in [6.45, 7) is 8.63. The molecule has 2 rings (SSSR count).